The van der Waals surface area contributed by atoms with E-state index in [1.54, 1.807) is 12.1 Å². The molecule has 0 aliphatic rings. The van der Waals surface area contributed by atoms with E-state index in [9.17, 15) is 4.79 Å². The lowest BCUT2D eigenvalue weighted by Gasteiger charge is -2.11. The quantitative estimate of drug-likeness (QED) is 0.602. The zero-order valence-corrected chi connectivity index (χ0v) is 16.1. The molecule has 0 saturated carbocycles. The minimum absolute atomic E-state index is 0.0837. The largest absolute Gasteiger partial charge is 0.491 e. The summed E-state index contributed by atoms with van der Waals surface area (Å²) < 4.78 is 5.62. The molecule has 0 unspecified atom stereocenters. The third-order valence-corrected chi connectivity index (χ3v) is 3.91. The number of anilines is 3. The van der Waals surface area contributed by atoms with Gasteiger partial charge in [0, 0.05) is 12.1 Å². The molecule has 0 spiro atoms. The number of rotatable bonds is 8. The van der Waals surface area contributed by atoms with Crippen LogP contribution >= 0.6 is 0 Å². The van der Waals surface area contributed by atoms with Gasteiger partial charge in [0.2, 0.25) is 5.91 Å². The van der Waals surface area contributed by atoms with Crippen LogP contribution in [0.15, 0.2) is 66.7 Å². The van der Waals surface area contributed by atoms with Gasteiger partial charge in [0.25, 0.3) is 0 Å². The Labute approximate surface area is 165 Å². The van der Waals surface area contributed by atoms with Gasteiger partial charge in [0.05, 0.1) is 6.10 Å². The molecular formula is C22H24N4O2. The summed E-state index contributed by atoms with van der Waals surface area (Å²) in [5, 5.41) is 14.1. The molecule has 6 nitrogen and oxygen atoms in total. The maximum absolute atomic E-state index is 12.1. The fourth-order valence-corrected chi connectivity index (χ4v) is 2.61. The topological polar surface area (TPSA) is 76.1 Å². The number of ether oxygens (including phenoxy) is 1. The molecule has 0 aliphatic carbocycles. The van der Waals surface area contributed by atoms with E-state index in [1.165, 1.54) is 0 Å². The van der Waals surface area contributed by atoms with Gasteiger partial charge in [-0.25, -0.2) is 0 Å². The van der Waals surface area contributed by atoms with Crippen LogP contribution in [0.2, 0.25) is 0 Å². The van der Waals surface area contributed by atoms with Crippen molar-refractivity contribution in [2.45, 2.75) is 32.8 Å². The van der Waals surface area contributed by atoms with Crippen molar-refractivity contribution in [1.29, 1.82) is 0 Å². The predicted octanol–water partition coefficient (Wildman–Crippen LogP) is 4.58. The van der Waals surface area contributed by atoms with Gasteiger partial charge in [-0.05, 0) is 62.2 Å². The average Bonchev–Trinajstić information content (AvgIpc) is 2.70. The van der Waals surface area contributed by atoms with Crippen molar-refractivity contribution in [3.05, 3.63) is 72.3 Å². The zero-order valence-electron chi connectivity index (χ0n) is 16.1. The maximum Gasteiger partial charge on any atom is 0.225 e. The van der Waals surface area contributed by atoms with Crippen LogP contribution in [0.5, 0.6) is 5.75 Å². The number of hydrogen-bond acceptors (Lipinski definition) is 5. The second-order valence-corrected chi connectivity index (χ2v) is 6.65. The van der Waals surface area contributed by atoms with Crippen LogP contribution in [0.3, 0.4) is 0 Å². The molecule has 0 bridgehead atoms. The first-order valence-corrected chi connectivity index (χ1v) is 9.30. The van der Waals surface area contributed by atoms with Gasteiger partial charge in [-0.2, -0.15) is 0 Å². The Kier molecular flexibility index (Phi) is 6.57. The molecule has 1 aromatic heterocycles. The number of nitrogens with one attached hydrogen (secondary N) is 2. The van der Waals surface area contributed by atoms with Crippen LogP contribution in [-0.4, -0.2) is 22.2 Å². The summed E-state index contributed by atoms with van der Waals surface area (Å²) in [5.74, 6) is 1.77. The fourth-order valence-electron chi connectivity index (χ4n) is 2.61. The van der Waals surface area contributed by atoms with Crippen LogP contribution in [-0.2, 0) is 11.2 Å². The Morgan fingerprint density at radius 3 is 2.25 bits per heavy atom. The third-order valence-electron chi connectivity index (χ3n) is 3.91. The molecule has 28 heavy (non-hydrogen) atoms. The average molecular weight is 376 g/mol. The Morgan fingerprint density at radius 2 is 1.61 bits per heavy atom. The predicted molar refractivity (Wildman–Crippen MR) is 111 cm³/mol. The second kappa shape index (κ2) is 9.50. The highest BCUT2D eigenvalue weighted by molar-refractivity contribution is 5.89. The third kappa shape index (κ3) is 6.09. The molecule has 1 heterocycles. The minimum Gasteiger partial charge on any atom is -0.491 e. The van der Waals surface area contributed by atoms with Gasteiger partial charge in [-0.15, -0.1) is 10.2 Å². The molecule has 0 radical (unpaired) electrons. The number of carbonyl (C=O) groups excluding carboxylic acids is 1. The highest BCUT2D eigenvalue weighted by Gasteiger charge is 2.05. The van der Waals surface area contributed by atoms with E-state index in [0.717, 1.165) is 17.0 Å². The Hall–Kier alpha value is -3.41. The molecule has 144 valence electrons. The first kappa shape index (κ1) is 19.4. The van der Waals surface area contributed by atoms with E-state index in [0.29, 0.717) is 24.5 Å². The highest BCUT2D eigenvalue weighted by atomic mass is 16.5. The summed E-state index contributed by atoms with van der Waals surface area (Å²) in [6, 6.07) is 21.0. The first-order chi connectivity index (χ1) is 13.6. The first-order valence-electron chi connectivity index (χ1n) is 9.30. The second-order valence-electron chi connectivity index (χ2n) is 6.65. The Morgan fingerprint density at radius 1 is 0.929 bits per heavy atom. The fraction of sp³-hybridized carbons (Fsp3) is 0.227. The van der Waals surface area contributed by atoms with Crippen molar-refractivity contribution in [1.82, 2.24) is 10.2 Å². The normalized spacial score (nSPS) is 10.5. The summed E-state index contributed by atoms with van der Waals surface area (Å²) >= 11 is 0. The summed E-state index contributed by atoms with van der Waals surface area (Å²) in [6.07, 6.45) is 1.23. The van der Waals surface area contributed by atoms with Gasteiger partial charge in [0.1, 0.15) is 5.75 Å². The zero-order chi connectivity index (χ0) is 19.8. The van der Waals surface area contributed by atoms with Gasteiger partial charge in [-0.3, -0.25) is 4.79 Å². The summed E-state index contributed by atoms with van der Waals surface area (Å²) in [6.45, 7) is 3.98. The molecule has 0 atom stereocenters. The van der Waals surface area contributed by atoms with Crippen molar-refractivity contribution < 1.29 is 9.53 Å². The molecule has 6 heteroatoms. The Balaban J connectivity index is 1.49. The molecule has 2 aromatic carbocycles. The van der Waals surface area contributed by atoms with Crippen LogP contribution in [0, 0.1) is 0 Å². The van der Waals surface area contributed by atoms with Gasteiger partial charge in [-0.1, -0.05) is 30.3 Å². The van der Waals surface area contributed by atoms with Crippen molar-refractivity contribution in [2.75, 3.05) is 10.6 Å². The lowest BCUT2D eigenvalue weighted by Crippen LogP contribution is -2.14. The molecule has 2 N–H and O–H groups in total. The number of aryl methyl sites for hydroxylation is 1. The lowest BCUT2D eigenvalue weighted by molar-refractivity contribution is -0.116. The van der Waals surface area contributed by atoms with Crippen LogP contribution < -0.4 is 15.4 Å². The van der Waals surface area contributed by atoms with E-state index in [2.05, 4.69) is 20.8 Å². The van der Waals surface area contributed by atoms with Crippen LogP contribution in [0.4, 0.5) is 17.3 Å². The van der Waals surface area contributed by atoms with E-state index in [1.807, 2.05) is 68.4 Å². The number of carbonyl (C=O) groups is 1. The van der Waals surface area contributed by atoms with E-state index in [-0.39, 0.29) is 12.0 Å². The Bertz CT molecular complexity index is 879. The smallest absolute Gasteiger partial charge is 0.225 e. The standard InChI is InChI=1S/C22H24N4O2/c1-16(2)28-19-11-9-18(10-12-19)23-20-13-14-21(26-25-20)24-22(27)15-8-17-6-4-3-5-7-17/h3-7,9-14,16H,8,15H2,1-2H3,(H,23,25)(H,24,26,27). The van der Waals surface area contributed by atoms with Crippen molar-refractivity contribution in [2.24, 2.45) is 0 Å². The summed E-state index contributed by atoms with van der Waals surface area (Å²) in [5.41, 5.74) is 2.01. The van der Waals surface area contributed by atoms with E-state index >= 15 is 0 Å². The van der Waals surface area contributed by atoms with Gasteiger partial charge >= 0.3 is 0 Å². The number of amides is 1. The molecule has 0 aliphatic heterocycles. The van der Waals surface area contributed by atoms with Crippen molar-refractivity contribution in [3.63, 3.8) is 0 Å². The van der Waals surface area contributed by atoms with Crippen LogP contribution in [0.25, 0.3) is 0 Å². The molecule has 0 fully saturated rings. The van der Waals surface area contributed by atoms with Crippen molar-refractivity contribution in [3.8, 4) is 5.75 Å². The SMILES string of the molecule is CC(C)Oc1ccc(Nc2ccc(NC(=O)CCc3ccccc3)nn2)cc1. The summed E-state index contributed by atoms with van der Waals surface area (Å²) in [7, 11) is 0. The molecule has 1 amide bonds. The molecule has 3 rings (SSSR count). The lowest BCUT2D eigenvalue weighted by atomic mass is 10.1. The van der Waals surface area contributed by atoms with Gasteiger partial charge in [0.15, 0.2) is 11.6 Å². The molecular weight excluding hydrogens is 352 g/mol. The maximum atomic E-state index is 12.1. The number of nitrogens with zero attached hydrogens (tertiary/aromatic N) is 2. The molecule has 0 saturated heterocycles. The summed E-state index contributed by atoms with van der Waals surface area (Å²) in [4.78, 5) is 12.1. The molecule has 3 aromatic rings. The number of hydrogen-bond donors (Lipinski definition) is 2. The van der Waals surface area contributed by atoms with Crippen molar-refractivity contribution >= 4 is 23.2 Å². The number of benzene rings is 2. The minimum atomic E-state index is -0.0837. The highest BCUT2D eigenvalue weighted by Crippen LogP contribution is 2.20. The number of aromatic nitrogens is 2. The van der Waals surface area contributed by atoms with E-state index < -0.39 is 0 Å². The van der Waals surface area contributed by atoms with Gasteiger partial charge < -0.3 is 15.4 Å². The van der Waals surface area contributed by atoms with E-state index in [4.69, 9.17) is 4.74 Å². The monoisotopic (exact) mass is 376 g/mol. The van der Waals surface area contributed by atoms with Crippen LogP contribution in [0.1, 0.15) is 25.8 Å².